The summed E-state index contributed by atoms with van der Waals surface area (Å²) in [5.74, 6) is -1.29. The van der Waals surface area contributed by atoms with Gasteiger partial charge in [-0.2, -0.15) is 0 Å². The molecule has 0 saturated carbocycles. The molecular formula is C16H22FNO5. The summed E-state index contributed by atoms with van der Waals surface area (Å²) < 4.78 is 22.9. The molecular weight excluding hydrogens is 305 g/mol. The minimum Gasteiger partial charge on any atom is -0.464 e. The molecule has 0 aromatic heterocycles. The summed E-state index contributed by atoms with van der Waals surface area (Å²) in [5, 5.41) is 12.6. The molecule has 0 unspecified atom stereocenters. The van der Waals surface area contributed by atoms with Crippen LogP contribution >= 0.6 is 0 Å². The molecule has 1 amide bonds. The standard InChI is InChI=1S/C16H22FNO5/c1-5-22-14(20)12(18-15(21)23-16(2,3)4)13(19)10-6-8-11(17)9-7-10/h6-9,12-13,19H,5H2,1-4H3,(H,18,21)/t12-,13+/m0/s1. The molecule has 2 N–H and O–H groups in total. The lowest BCUT2D eigenvalue weighted by molar-refractivity contribution is -0.148. The Morgan fingerprint density at radius 2 is 1.83 bits per heavy atom. The van der Waals surface area contributed by atoms with Gasteiger partial charge < -0.3 is 19.9 Å². The first kappa shape index (κ1) is 18.9. The third-order valence-corrected chi connectivity index (χ3v) is 2.74. The summed E-state index contributed by atoms with van der Waals surface area (Å²) in [5.41, 5.74) is -0.495. The summed E-state index contributed by atoms with van der Waals surface area (Å²) in [4.78, 5) is 23.9. The van der Waals surface area contributed by atoms with E-state index in [9.17, 15) is 19.1 Å². The molecule has 2 atom stereocenters. The first-order valence-electron chi connectivity index (χ1n) is 7.23. The van der Waals surface area contributed by atoms with Crippen molar-refractivity contribution < 1.29 is 28.6 Å². The van der Waals surface area contributed by atoms with Crippen LogP contribution in [0.15, 0.2) is 24.3 Å². The van der Waals surface area contributed by atoms with Gasteiger partial charge in [-0.25, -0.2) is 14.0 Å². The molecule has 0 aliphatic carbocycles. The van der Waals surface area contributed by atoms with E-state index in [-0.39, 0.29) is 12.2 Å². The monoisotopic (exact) mass is 327 g/mol. The van der Waals surface area contributed by atoms with Crippen LogP contribution in [0, 0.1) is 5.82 Å². The number of carbonyl (C=O) groups is 2. The van der Waals surface area contributed by atoms with Gasteiger partial charge in [0.05, 0.1) is 6.61 Å². The van der Waals surface area contributed by atoms with E-state index in [1.54, 1.807) is 27.7 Å². The van der Waals surface area contributed by atoms with E-state index in [2.05, 4.69) is 5.32 Å². The molecule has 1 aromatic rings. The van der Waals surface area contributed by atoms with Crippen LogP contribution in [0.2, 0.25) is 0 Å². The second kappa shape index (κ2) is 7.92. The van der Waals surface area contributed by atoms with Crippen molar-refractivity contribution in [3.63, 3.8) is 0 Å². The fourth-order valence-corrected chi connectivity index (χ4v) is 1.79. The van der Waals surface area contributed by atoms with Crippen LogP contribution in [0.25, 0.3) is 0 Å². The van der Waals surface area contributed by atoms with Crippen molar-refractivity contribution in [1.82, 2.24) is 5.32 Å². The van der Waals surface area contributed by atoms with Gasteiger partial charge in [0.15, 0.2) is 6.04 Å². The SMILES string of the molecule is CCOC(=O)[C@@H](NC(=O)OC(C)(C)C)[C@H](O)c1ccc(F)cc1. The largest absolute Gasteiger partial charge is 0.464 e. The number of aliphatic hydroxyl groups excluding tert-OH is 1. The lowest BCUT2D eigenvalue weighted by Crippen LogP contribution is -2.47. The third-order valence-electron chi connectivity index (χ3n) is 2.74. The third kappa shape index (κ3) is 6.23. The van der Waals surface area contributed by atoms with E-state index >= 15 is 0 Å². The summed E-state index contributed by atoms with van der Waals surface area (Å²) >= 11 is 0. The number of hydrogen-bond donors (Lipinski definition) is 2. The maximum absolute atomic E-state index is 13.0. The van der Waals surface area contributed by atoms with E-state index in [1.165, 1.54) is 12.1 Å². The Labute approximate surface area is 134 Å². The first-order chi connectivity index (χ1) is 10.6. The number of carbonyl (C=O) groups excluding carboxylic acids is 2. The molecule has 6 nitrogen and oxygen atoms in total. The second-order valence-corrected chi connectivity index (χ2v) is 5.87. The molecule has 0 aliphatic heterocycles. The molecule has 0 saturated heterocycles. The number of nitrogens with one attached hydrogen (secondary N) is 1. The Balaban J connectivity index is 2.93. The van der Waals surface area contributed by atoms with Crippen LogP contribution in [0.5, 0.6) is 0 Å². The van der Waals surface area contributed by atoms with Gasteiger partial charge in [0.1, 0.15) is 17.5 Å². The minimum atomic E-state index is -1.40. The Bertz CT molecular complexity index is 538. The van der Waals surface area contributed by atoms with Crippen molar-refractivity contribution in [3.05, 3.63) is 35.6 Å². The van der Waals surface area contributed by atoms with Crippen molar-refractivity contribution in [1.29, 1.82) is 0 Å². The number of halogens is 1. The number of ether oxygens (including phenoxy) is 2. The van der Waals surface area contributed by atoms with Crippen molar-refractivity contribution in [2.75, 3.05) is 6.61 Å². The molecule has 0 radical (unpaired) electrons. The van der Waals surface area contributed by atoms with Gasteiger partial charge >= 0.3 is 12.1 Å². The van der Waals surface area contributed by atoms with Crippen molar-refractivity contribution in [2.45, 2.75) is 45.4 Å². The highest BCUT2D eigenvalue weighted by Gasteiger charge is 2.32. The molecule has 0 heterocycles. The smallest absolute Gasteiger partial charge is 0.408 e. The quantitative estimate of drug-likeness (QED) is 0.811. The molecule has 7 heteroatoms. The predicted octanol–water partition coefficient (Wildman–Crippen LogP) is 2.32. The van der Waals surface area contributed by atoms with Crippen LogP contribution in [0.4, 0.5) is 9.18 Å². The lowest BCUT2D eigenvalue weighted by atomic mass is 10.0. The highest BCUT2D eigenvalue weighted by Crippen LogP contribution is 2.19. The Kier molecular flexibility index (Phi) is 6.50. The van der Waals surface area contributed by atoms with E-state index < -0.39 is 35.6 Å². The average molecular weight is 327 g/mol. The summed E-state index contributed by atoms with van der Waals surface area (Å²) in [7, 11) is 0. The topological polar surface area (TPSA) is 84.9 Å². The number of esters is 1. The second-order valence-electron chi connectivity index (χ2n) is 5.87. The molecule has 0 fully saturated rings. The molecule has 23 heavy (non-hydrogen) atoms. The zero-order valence-corrected chi connectivity index (χ0v) is 13.6. The Hall–Kier alpha value is -2.15. The van der Waals surface area contributed by atoms with E-state index in [1.807, 2.05) is 0 Å². The van der Waals surface area contributed by atoms with Crippen LogP contribution in [-0.2, 0) is 14.3 Å². The maximum Gasteiger partial charge on any atom is 0.408 e. The zero-order chi connectivity index (χ0) is 17.6. The van der Waals surface area contributed by atoms with Gasteiger partial charge in [-0.05, 0) is 45.4 Å². The van der Waals surface area contributed by atoms with Crippen molar-refractivity contribution in [3.8, 4) is 0 Å². The van der Waals surface area contributed by atoms with Gasteiger partial charge in [0.2, 0.25) is 0 Å². The van der Waals surface area contributed by atoms with Crippen molar-refractivity contribution >= 4 is 12.1 Å². The van der Waals surface area contributed by atoms with Crippen LogP contribution < -0.4 is 5.32 Å². The van der Waals surface area contributed by atoms with Gasteiger partial charge in [-0.15, -0.1) is 0 Å². The number of benzene rings is 1. The summed E-state index contributed by atoms with van der Waals surface area (Å²) in [6.45, 7) is 6.70. The highest BCUT2D eigenvalue weighted by atomic mass is 19.1. The van der Waals surface area contributed by atoms with E-state index in [0.29, 0.717) is 0 Å². The zero-order valence-electron chi connectivity index (χ0n) is 13.6. The van der Waals surface area contributed by atoms with Gasteiger partial charge in [0.25, 0.3) is 0 Å². The van der Waals surface area contributed by atoms with Crippen LogP contribution in [0.1, 0.15) is 39.4 Å². The highest BCUT2D eigenvalue weighted by molar-refractivity contribution is 5.82. The molecule has 0 bridgehead atoms. The molecule has 0 aliphatic rings. The number of amides is 1. The summed E-state index contributed by atoms with van der Waals surface area (Å²) in [6, 6.07) is 3.57. The molecule has 0 spiro atoms. The Morgan fingerprint density at radius 3 is 2.30 bits per heavy atom. The van der Waals surface area contributed by atoms with Crippen LogP contribution in [0.3, 0.4) is 0 Å². The molecule has 1 rings (SSSR count). The van der Waals surface area contributed by atoms with E-state index in [4.69, 9.17) is 9.47 Å². The van der Waals surface area contributed by atoms with E-state index in [0.717, 1.165) is 12.1 Å². The Morgan fingerprint density at radius 1 is 1.26 bits per heavy atom. The summed E-state index contributed by atoms with van der Waals surface area (Å²) in [6.07, 6.45) is -2.26. The number of rotatable bonds is 5. The van der Waals surface area contributed by atoms with Gasteiger partial charge in [0, 0.05) is 0 Å². The first-order valence-corrected chi connectivity index (χ1v) is 7.23. The minimum absolute atomic E-state index is 0.0848. The number of alkyl carbamates (subject to hydrolysis) is 1. The van der Waals surface area contributed by atoms with Gasteiger partial charge in [-0.1, -0.05) is 12.1 Å². The number of hydrogen-bond acceptors (Lipinski definition) is 5. The molecule has 128 valence electrons. The van der Waals surface area contributed by atoms with Gasteiger partial charge in [-0.3, -0.25) is 0 Å². The maximum atomic E-state index is 13.0. The fraction of sp³-hybridized carbons (Fsp3) is 0.500. The molecule has 1 aromatic carbocycles. The average Bonchev–Trinajstić information content (AvgIpc) is 2.43. The normalized spacial score (nSPS) is 13.8. The van der Waals surface area contributed by atoms with Crippen molar-refractivity contribution in [2.24, 2.45) is 0 Å². The fourth-order valence-electron chi connectivity index (χ4n) is 1.79. The number of aliphatic hydroxyl groups is 1. The lowest BCUT2D eigenvalue weighted by Gasteiger charge is -2.25. The van der Waals surface area contributed by atoms with Crippen LogP contribution in [-0.4, -0.2) is 35.4 Å². The predicted molar refractivity (Wildman–Crippen MR) is 81.2 cm³/mol.